The van der Waals surface area contributed by atoms with Crippen LogP contribution < -0.4 is 0 Å². The SMILES string of the molecule is Cc1ccc(C)c(/C=C/c2c3ccccc3nc3ccccc23)c1. The molecular formula is C23H19N. The molecule has 24 heavy (non-hydrogen) atoms. The summed E-state index contributed by atoms with van der Waals surface area (Å²) in [5.74, 6) is 0. The number of aryl methyl sites for hydroxylation is 2. The number of fused-ring (bicyclic) bond motifs is 2. The number of hydrogen-bond donors (Lipinski definition) is 0. The van der Waals surface area contributed by atoms with E-state index in [4.69, 9.17) is 4.98 Å². The highest BCUT2D eigenvalue weighted by Crippen LogP contribution is 2.28. The zero-order valence-corrected chi connectivity index (χ0v) is 14.0. The molecule has 0 aliphatic carbocycles. The summed E-state index contributed by atoms with van der Waals surface area (Å²) in [4.78, 5) is 4.79. The van der Waals surface area contributed by atoms with Crippen LogP contribution in [0.1, 0.15) is 22.3 Å². The van der Waals surface area contributed by atoms with Gasteiger partial charge in [-0.3, -0.25) is 0 Å². The summed E-state index contributed by atoms with van der Waals surface area (Å²) < 4.78 is 0. The molecule has 0 atom stereocenters. The first-order chi connectivity index (χ1) is 11.7. The number of para-hydroxylation sites is 2. The molecule has 0 radical (unpaired) electrons. The number of aromatic nitrogens is 1. The standard InChI is InChI=1S/C23H19N/c1-16-11-12-17(2)18(15-16)13-14-19-20-7-3-5-9-22(20)24-23-10-6-4-8-21(19)23/h3-15H,1-2H3/b14-13+. The van der Waals surface area contributed by atoms with Crippen LogP contribution >= 0.6 is 0 Å². The Morgan fingerprint density at radius 3 is 2.00 bits per heavy atom. The van der Waals surface area contributed by atoms with Crippen molar-refractivity contribution in [3.8, 4) is 0 Å². The Morgan fingerprint density at radius 1 is 0.708 bits per heavy atom. The normalized spacial score (nSPS) is 11.6. The Bertz CT molecular complexity index is 1020. The number of rotatable bonds is 2. The van der Waals surface area contributed by atoms with Gasteiger partial charge in [0.2, 0.25) is 0 Å². The monoisotopic (exact) mass is 309 g/mol. The average Bonchev–Trinajstić information content (AvgIpc) is 2.61. The molecule has 0 saturated carbocycles. The predicted molar refractivity (Wildman–Crippen MR) is 104 cm³/mol. The molecule has 1 heterocycles. The van der Waals surface area contributed by atoms with Gasteiger partial charge < -0.3 is 0 Å². The van der Waals surface area contributed by atoms with E-state index in [2.05, 4.69) is 80.6 Å². The second-order valence-corrected chi connectivity index (χ2v) is 6.25. The van der Waals surface area contributed by atoms with Gasteiger partial charge in [0.25, 0.3) is 0 Å². The highest BCUT2D eigenvalue weighted by Gasteiger charge is 2.06. The van der Waals surface area contributed by atoms with Crippen molar-refractivity contribution < 1.29 is 0 Å². The van der Waals surface area contributed by atoms with Crippen LogP contribution in [0.15, 0.2) is 66.7 Å². The van der Waals surface area contributed by atoms with Gasteiger partial charge in [-0.1, -0.05) is 72.3 Å². The van der Waals surface area contributed by atoms with Crippen LogP contribution in [0.2, 0.25) is 0 Å². The molecule has 0 fully saturated rings. The van der Waals surface area contributed by atoms with Gasteiger partial charge in [0.1, 0.15) is 0 Å². The number of benzene rings is 3. The quantitative estimate of drug-likeness (QED) is 0.403. The average molecular weight is 309 g/mol. The Morgan fingerprint density at radius 2 is 1.33 bits per heavy atom. The predicted octanol–water partition coefficient (Wildman–Crippen LogP) is 6.18. The molecule has 1 nitrogen and oxygen atoms in total. The number of nitrogens with zero attached hydrogens (tertiary/aromatic N) is 1. The third kappa shape index (κ3) is 2.59. The lowest BCUT2D eigenvalue weighted by Crippen LogP contribution is -1.88. The van der Waals surface area contributed by atoms with Crippen molar-refractivity contribution >= 4 is 34.0 Å². The van der Waals surface area contributed by atoms with E-state index in [9.17, 15) is 0 Å². The van der Waals surface area contributed by atoms with Gasteiger partial charge in [-0.2, -0.15) is 0 Å². The van der Waals surface area contributed by atoms with Crippen LogP contribution in [0.5, 0.6) is 0 Å². The van der Waals surface area contributed by atoms with E-state index in [1.165, 1.54) is 33.0 Å². The summed E-state index contributed by atoms with van der Waals surface area (Å²) in [5.41, 5.74) is 7.15. The van der Waals surface area contributed by atoms with Crippen LogP contribution in [0.3, 0.4) is 0 Å². The Labute approximate surface area is 142 Å². The second kappa shape index (κ2) is 5.93. The van der Waals surface area contributed by atoms with E-state index in [1.807, 2.05) is 12.1 Å². The summed E-state index contributed by atoms with van der Waals surface area (Å²) >= 11 is 0. The molecule has 0 unspecified atom stereocenters. The van der Waals surface area contributed by atoms with Crippen molar-refractivity contribution in [1.82, 2.24) is 4.98 Å². The first-order valence-electron chi connectivity index (χ1n) is 8.25. The lowest BCUT2D eigenvalue weighted by molar-refractivity contribution is 1.38. The highest BCUT2D eigenvalue weighted by atomic mass is 14.7. The molecule has 0 aliphatic rings. The number of hydrogen-bond acceptors (Lipinski definition) is 1. The van der Waals surface area contributed by atoms with Gasteiger partial charge in [-0.15, -0.1) is 0 Å². The summed E-state index contributed by atoms with van der Waals surface area (Å²) in [6, 6.07) is 23.3. The lowest BCUT2D eigenvalue weighted by atomic mass is 10.00. The Hall–Kier alpha value is -2.93. The van der Waals surface area contributed by atoms with Gasteiger partial charge in [0, 0.05) is 10.8 Å². The molecule has 1 aromatic heterocycles. The maximum absolute atomic E-state index is 4.79. The summed E-state index contributed by atoms with van der Waals surface area (Å²) in [6.07, 6.45) is 4.45. The lowest BCUT2D eigenvalue weighted by Gasteiger charge is -2.08. The zero-order valence-electron chi connectivity index (χ0n) is 14.0. The molecule has 4 aromatic rings. The Balaban J connectivity index is 1.96. The number of pyridine rings is 1. The minimum absolute atomic E-state index is 1.04. The minimum Gasteiger partial charge on any atom is -0.248 e. The largest absolute Gasteiger partial charge is 0.248 e. The minimum atomic E-state index is 1.04. The van der Waals surface area contributed by atoms with Gasteiger partial charge in [-0.25, -0.2) is 4.98 Å². The third-order valence-electron chi connectivity index (χ3n) is 4.49. The summed E-state index contributed by atoms with van der Waals surface area (Å²) in [7, 11) is 0. The van der Waals surface area contributed by atoms with E-state index < -0.39 is 0 Å². The van der Waals surface area contributed by atoms with Gasteiger partial charge in [0.05, 0.1) is 11.0 Å². The van der Waals surface area contributed by atoms with Crippen molar-refractivity contribution in [3.63, 3.8) is 0 Å². The zero-order chi connectivity index (χ0) is 16.5. The topological polar surface area (TPSA) is 12.9 Å². The molecule has 0 spiro atoms. The van der Waals surface area contributed by atoms with E-state index >= 15 is 0 Å². The molecule has 3 aromatic carbocycles. The van der Waals surface area contributed by atoms with Crippen LogP contribution in [-0.4, -0.2) is 4.98 Å². The van der Waals surface area contributed by atoms with Crippen molar-refractivity contribution in [2.45, 2.75) is 13.8 Å². The van der Waals surface area contributed by atoms with Crippen LogP contribution in [0.25, 0.3) is 34.0 Å². The fourth-order valence-electron chi connectivity index (χ4n) is 3.16. The van der Waals surface area contributed by atoms with Crippen LogP contribution in [-0.2, 0) is 0 Å². The molecule has 1 heteroatoms. The second-order valence-electron chi connectivity index (χ2n) is 6.25. The van der Waals surface area contributed by atoms with Crippen LogP contribution in [0, 0.1) is 13.8 Å². The van der Waals surface area contributed by atoms with Crippen LogP contribution in [0.4, 0.5) is 0 Å². The molecule has 0 N–H and O–H groups in total. The van der Waals surface area contributed by atoms with Crippen molar-refractivity contribution in [1.29, 1.82) is 0 Å². The summed E-state index contributed by atoms with van der Waals surface area (Å²) in [6.45, 7) is 4.29. The van der Waals surface area contributed by atoms with Gasteiger partial charge >= 0.3 is 0 Å². The van der Waals surface area contributed by atoms with Gasteiger partial charge in [0.15, 0.2) is 0 Å². The molecule has 4 rings (SSSR count). The fraction of sp³-hybridized carbons (Fsp3) is 0.0870. The van der Waals surface area contributed by atoms with E-state index in [1.54, 1.807) is 0 Å². The highest BCUT2D eigenvalue weighted by molar-refractivity contribution is 6.04. The maximum Gasteiger partial charge on any atom is 0.0715 e. The molecular weight excluding hydrogens is 290 g/mol. The molecule has 0 amide bonds. The molecule has 0 aliphatic heterocycles. The van der Waals surface area contributed by atoms with Crippen molar-refractivity contribution in [2.24, 2.45) is 0 Å². The van der Waals surface area contributed by atoms with Gasteiger partial charge in [-0.05, 0) is 42.7 Å². The first-order valence-corrected chi connectivity index (χ1v) is 8.25. The van der Waals surface area contributed by atoms with E-state index in [-0.39, 0.29) is 0 Å². The first kappa shape index (κ1) is 14.6. The van der Waals surface area contributed by atoms with E-state index in [0.717, 1.165) is 11.0 Å². The van der Waals surface area contributed by atoms with Crippen molar-refractivity contribution in [3.05, 3.63) is 89.0 Å². The maximum atomic E-state index is 4.79. The fourth-order valence-corrected chi connectivity index (χ4v) is 3.16. The van der Waals surface area contributed by atoms with Crippen molar-refractivity contribution in [2.75, 3.05) is 0 Å². The molecule has 0 saturated heterocycles. The molecule has 116 valence electrons. The molecule has 0 bridgehead atoms. The summed E-state index contributed by atoms with van der Waals surface area (Å²) in [5, 5.41) is 2.38. The van der Waals surface area contributed by atoms with E-state index in [0.29, 0.717) is 0 Å². The Kier molecular flexibility index (Phi) is 3.62. The smallest absolute Gasteiger partial charge is 0.0715 e. The third-order valence-corrected chi connectivity index (χ3v) is 4.49.